The van der Waals surface area contributed by atoms with Crippen molar-refractivity contribution in [1.29, 1.82) is 0 Å². The molecule has 1 rings (SSSR count). The number of nitrogens with one attached hydrogen (secondary N) is 2. The average Bonchev–Trinajstić information content (AvgIpc) is 2.28. The van der Waals surface area contributed by atoms with Crippen molar-refractivity contribution in [1.82, 2.24) is 5.43 Å². The number of anilines is 1. The zero-order valence-electron chi connectivity index (χ0n) is 9.29. The molecule has 0 aliphatic heterocycles. The fourth-order valence-corrected chi connectivity index (χ4v) is 1.26. The van der Waals surface area contributed by atoms with Crippen molar-refractivity contribution >= 4 is 23.3 Å². The van der Waals surface area contributed by atoms with Crippen molar-refractivity contribution in [2.75, 3.05) is 12.0 Å². The molecule has 16 heavy (non-hydrogen) atoms. The third-order valence-corrected chi connectivity index (χ3v) is 2.27. The van der Waals surface area contributed by atoms with Crippen LogP contribution >= 0.6 is 11.6 Å². The Bertz CT molecular complexity index is 358. The number of para-hydroxylation sites is 1. The number of ether oxygens (including phenoxy) is 1. The van der Waals surface area contributed by atoms with Gasteiger partial charge in [-0.1, -0.05) is 23.7 Å². The van der Waals surface area contributed by atoms with E-state index in [1.165, 1.54) is 0 Å². The van der Waals surface area contributed by atoms with E-state index in [0.29, 0.717) is 11.6 Å². The maximum Gasteiger partial charge on any atom is 0.324 e. The number of esters is 1. The summed E-state index contributed by atoms with van der Waals surface area (Å²) in [5.41, 5.74) is 6.41. The van der Waals surface area contributed by atoms with Gasteiger partial charge in [-0.3, -0.25) is 4.79 Å². The molecule has 0 saturated carbocycles. The van der Waals surface area contributed by atoms with Crippen LogP contribution in [0.5, 0.6) is 0 Å². The predicted molar refractivity (Wildman–Crippen MR) is 64.3 cm³/mol. The maximum atomic E-state index is 11.3. The fourth-order valence-electron chi connectivity index (χ4n) is 1.07. The van der Waals surface area contributed by atoms with Crippen LogP contribution in [0.2, 0.25) is 5.02 Å². The lowest BCUT2D eigenvalue weighted by atomic mass is 10.3. The number of carbonyl (C=O) groups excluding carboxylic acids is 1. The van der Waals surface area contributed by atoms with E-state index < -0.39 is 6.04 Å². The highest BCUT2D eigenvalue weighted by molar-refractivity contribution is 6.33. The topological polar surface area (TPSA) is 50.4 Å². The molecule has 88 valence electrons. The number of benzene rings is 1. The zero-order valence-corrected chi connectivity index (χ0v) is 10.0. The summed E-state index contributed by atoms with van der Waals surface area (Å²) in [5, 5.41) is 0.589. The SMILES string of the molecule is CCOC(=O)C(C)NNc1ccccc1Cl. The summed E-state index contributed by atoms with van der Waals surface area (Å²) in [6, 6.07) is 6.83. The fraction of sp³-hybridized carbons (Fsp3) is 0.364. The van der Waals surface area contributed by atoms with Gasteiger partial charge in [-0.2, -0.15) is 0 Å². The molecule has 0 fully saturated rings. The van der Waals surface area contributed by atoms with Gasteiger partial charge in [0.1, 0.15) is 6.04 Å². The Hall–Kier alpha value is -1.26. The van der Waals surface area contributed by atoms with Crippen LogP contribution in [0, 0.1) is 0 Å². The first-order chi connectivity index (χ1) is 7.65. The monoisotopic (exact) mass is 242 g/mol. The van der Waals surface area contributed by atoms with Crippen molar-refractivity contribution in [3.8, 4) is 0 Å². The maximum absolute atomic E-state index is 11.3. The molecule has 1 aromatic rings. The van der Waals surface area contributed by atoms with Gasteiger partial charge in [0.15, 0.2) is 0 Å². The second-order valence-electron chi connectivity index (χ2n) is 3.22. The Morgan fingerprint density at radius 3 is 2.81 bits per heavy atom. The van der Waals surface area contributed by atoms with E-state index in [0.717, 1.165) is 5.69 Å². The Balaban J connectivity index is 2.46. The van der Waals surface area contributed by atoms with Gasteiger partial charge < -0.3 is 10.2 Å². The second-order valence-corrected chi connectivity index (χ2v) is 3.63. The molecule has 0 saturated heterocycles. The third kappa shape index (κ3) is 3.72. The molecule has 1 atom stereocenters. The van der Waals surface area contributed by atoms with Crippen molar-refractivity contribution in [2.45, 2.75) is 19.9 Å². The minimum atomic E-state index is -0.434. The molecule has 1 unspecified atom stereocenters. The summed E-state index contributed by atoms with van der Waals surface area (Å²) in [7, 11) is 0. The molecular weight excluding hydrogens is 228 g/mol. The summed E-state index contributed by atoms with van der Waals surface area (Å²) in [5.74, 6) is -0.304. The first kappa shape index (κ1) is 12.8. The lowest BCUT2D eigenvalue weighted by Crippen LogP contribution is -2.39. The van der Waals surface area contributed by atoms with Gasteiger partial charge in [0.2, 0.25) is 0 Å². The second kappa shape index (κ2) is 6.35. The van der Waals surface area contributed by atoms with E-state index >= 15 is 0 Å². The number of hydrazine groups is 1. The quantitative estimate of drug-likeness (QED) is 0.614. The highest BCUT2D eigenvalue weighted by Gasteiger charge is 2.12. The number of halogens is 1. The standard InChI is InChI=1S/C11H15ClN2O2/c1-3-16-11(15)8(2)13-14-10-7-5-4-6-9(10)12/h4-8,13-14H,3H2,1-2H3. The van der Waals surface area contributed by atoms with Crippen LogP contribution in [0.3, 0.4) is 0 Å². The Morgan fingerprint density at radius 1 is 1.50 bits per heavy atom. The summed E-state index contributed by atoms with van der Waals surface area (Å²) in [4.78, 5) is 11.3. The normalized spacial score (nSPS) is 11.9. The third-order valence-electron chi connectivity index (χ3n) is 1.94. The minimum Gasteiger partial charge on any atom is -0.465 e. The van der Waals surface area contributed by atoms with Gasteiger partial charge in [0.25, 0.3) is 0 Å². The summed E-state index contributed by atoms with van der Waals surface area (Å²) in [6.45, 7) is 3.85. The van der Waals surface area contributed by atoms with E-state index in [1.807, 2.05) is 18.2 Å². The van der Waals surface area contributed by atoms with Gasteiger partial charge in [-0.05, 0) is 26.0 Å². The van der Waals surface area contributed by atoms with Crippen molar-refractivity contribution in [2.24, 2.45) is 0 Å². The number of hydrogen-bond acceptors (Lipinski definition) is 4. The van der Waals surface area contributed by atoms with Gasteiger partial charge >= 0.3 is 5.97 Å². The van der Waals surface area contributed by atoms with Crippen LogP contribution in [0.1, 0.15) is 13.8 Å². The van der Waals surface area contributed by atoms with Gasteiger partial charge in [0.05, 0.1) is 17.3 Å². The van der Waals surface area contributed by atoms with E-state index in [9.17, 15) is 4.79 Å². The summed E-state index contributed by atoms with van der Waals surface area (Å²) < 4.78 is 4.85. The predicted octanol–water partition coefficient (Wildman–Crippen LogP) is 2.21. The summed E-state index contributed by atoms with van der Waals surface area (Å²) >= 11 is 5.93. The molecular formula is C11H15ClN2O2. The largest absolute Gasteiger partial charge is 0.465 e. The lowest BCUT2D eigenvalue weighted by Gasteiger charge is -2.15. The van der Waals surface area contributed by atoms with Crippen LogP contribution in [0.4, 0.5) is 5.69 Å². The highest BCUT2D eigenvalue weighted by atomic mass is 35.5. The van der Waals surface area contributed by atoms with Crippen LogP contribution in [-0.4, -0.2) is 18.6 Å². The molecule has 2 N–H and O–H groups in total. The van der Waals surface area contributed by atoms with Gasteiger partial charge in [-0.15, -0.1) is 0 Å². The van der Waals surface area contributed by atoms with Crippen LogP contribution in [-0.2, 0) is 9.53 Å². The van der Waals surface area contributed by atoms with E-state index in [1.54, 1.807) is 19.9 Å². The van der Waals surface area contributed by atoms with Gasteiger partial charge in [-0.25, -0.2) is 5.43 Å². The van der Waals surface area contributed by atoms with Crippen LogP contribution in [0.25, 0.3) is 0 Å². The molecule has 0 aromatic heterocycles. The van der Waals surface area contributed by atoms with Gasteiger partial charge in [0, 0.05) is 0 Å². The first-order valence-corrected chi connectivity index (χ1v) is 5.45. The molecule has 0 amide bonds. The zero-order chi connectivity index (χ0) is 12.0. The number of rotatable bonds is 5. The summed E-state index contributed by atoms with van der Waals surface area (Å²) in [6.07, 6.45) is 0. The van der Waals surface area contributed by atoms with Crippen molar-refractivity contribution < 1.29 is 9.53 Å². The molecule has 0 spiro atoms. The minimum absolute atomic E-state index is 0.304. The van der Waals surface area contributed by atoms with Crippen LogP contribution in [0.15, 0.2) is 24.3 Å². The molecule has 0 bridgehead atoms. The van der Waals surface area contributed by atoms with E-state index in [4.69, 9.17) is 16.3 Å². The molecule has 4 nitrogen and oxygen atoms in total. The molecule has 0 radical (unpaired) electrons. The lowest BCUT2D eigenvalue weighted by molar-refractivity contribution is -0.144. The van der Waals surface area contributed by atoms with E-state index in [-0.39, 0.29) is 5.97 Å². The number of carbonyl (C=O) groups is 1. The first-order valence-electron chi connectivity index (χ1n) is 5.08. The van der Waals surface area contributed by atoms with Crippen molar-refractivity contribution in [3.05, 3.63) is 29.3 Å². The highest BCUT2D eigenvalue weighted by Crippen LogP contribution is 2.19. The molecule has 5 heteroatoms. The molecule has 1 aromatic carbocycles. The van der Waals surface area contributed by atoms with Crippen molar-refractivity contribution in [3.63, 3.8) is 0 Å². The van der Waals surface area contributed by atoms with Crippen LogP contribution < -0.4 is 10.9 Å². The molecule has 0 aliphatic carbocycles. The number of hydrogen-bond donors (Lipinski definition) is 2. The Morgan fingerprint density at radius 2 is 2.19 bits per heavy atom. The Kier molecular flexibility index (Phi) is 5.08. The molecule has 0 aliphatic rings. The smallest absolute Gasteiger partial charge is 0.324 e. The average molecular weight is 243 g/mol. The molecule has 0 heterocycles. The van der Waals surface area contributed by atoms with E-state index in [2.05, 4.69) is 10.9 Å². The Labute approximate surface area is 99.9 Å².